The number of likely N-dealkylation sites (N-methyl/N-ethyl adjacent to an activating group) is 1. The number of piperazine rings is 1. The van der Waals surface area contributed by atoms with Crippen molar-refractivity contribution >= 4 is 66.9 Å². The molecule has 44 heavy (non-hydrogen) atoms. The summed E-state index contributed by atoms with van der Waals surface area (Å²) < 4.78 is 1.81. The molecule has 3 saturated heterocycles. The van der Waals surface area contributed by atoms with Crippen LogP contribution in [-0.4, -0.2) is 119 Å². The molecule has 2 N–H and O–H groups in total. The molecule has 0 radical (unpaired) electrons. The van der Waals surface area contributed by atoms with Crippen LogP contribution < -0.4 is 5.32 Å². The van der Waals surface area contributed by atoms with Gasteiger partial charge in [0.1, 0.15) is 0 Å². The third-order valence-electron chi connectivity index (χ3n) is 9.94. The SMILES string of the molecule is CN1CCN(C2CCN(C(=O)C(Cc3ccc(Br)c(Br)c3)[C@H]3CC(N4Cc5cscc5NC4=O)CCN3C(=O)O)CC2)CC1. The van der Waals surface area contributed by atoms with Gasteiger partial charge >= 0.3 is 12.1 Å². The van der Waals surface area contributed by atoms with Crippen LogP contribution in [0.2, 0.25) is 0 Å². The maximum absolute atomic E-state index is 14.5. The molecule has 3 atom stereocenters. The van der Waals surface area contributed by atoms with E-state index >= 15 is 0 Å². The summed E-state index contributed by atoms with van der Waals surface area (Å²) in [5, 5.41) is 17.3. The number of carboxylic acid groups (broad SMARTS) is 1. The second-order valence-electron chi connectivity index (χ2n) is 12.5. The van der Waals surface area contributed by atoms with Gasteiger partial charge in [-0.3, -0.25) is 9.69 Å². The Hall–Kier alpha value is -2.19. The molecule has 4 aliphatic heterocycles. The molecule has 6 rings (SSSR count). The van der Waals surface area contributed by atoms with E-state index in [1.807, 2.05) is 33.4 Å². The number of nitrogens with one attached hydrogen (secondary N) is 1. The van der Waals surface area contributed by atoms with Crippen molar-refractivity contribution < 1.29 is 19.5 Å². The van der Waals surface area contributed by atoms with E-state index in [1.165, 1.54) is 4.90 Å². The minimum atomic E-state index is -1.01. The van der Waals surface area contributed by atoms with Crippen molar-refractivity contribution in [1.82, 2.24) is 24.5 Å². The first kappa shape index (κ1) is 31.8. The number of rotatable bonds is 6. The van der Waals surface area contributed by atoms with E-state index in [0.717, 1.165) is 64.8 Å². The molecule has 0 bridgehead atoms. The minimum absolute atomic E-state index is 0.0148. The molecule has 13 heteroatoms. The number of urea groups is 1. The second kappa shape index (κ2) is 13.7. The highest BCUT2D eigenvalue weighted by Gasteiger charge is 2.44. The number of thiophene rings is 1. The Morgan fingerprint density at radius 2 is 1.73 bits per heavy atom. The van der Waals surface area contributed by atoms with Crippen LogP contribution in [0.1, 0.15) is 36.8 Å². The highest BCUT2D eigenvalue weighted by Crippen LogP contribution is 2.36. The van der Waals surface area contributed by atoms with Crippen LogP contribution in [0.5, 0.6) is 0 Å². The maximum Gasteiger partial charge on any atom is 0.407 e. The summed E-state index contributed by atoms with van der Waals surface area (Å²) in [6, 6.07) is 5.56. The summed E-state index contributed by atoms with van der Waals surface area (Å²) >= 11 is 8.70. The monoisotopic (exact) mass is 750 g/mol. The van der Waals surface area contributed by atoms with E-state index in [4.69, 9.17) is 0 Å². The molecular weight excluding hydrogens is 712 g/mol. The summed E-state index contributed by atoms with van der Waals surface area (Å²) in [6.45, 7) is 6.39. The minimum Gasteiger partial charge on any atom is -0.465 e. The van der Waals surface area contributed by atoms with Crippen molar-refractivity contribution in [2.24, 2.45) is 5.92 Å². The number of amides is 4. The van der Waals surface area contributed by atoms with Crippen LogP contribution in [0.4, 0.5) is 15.3 Å². The van der Waals surface area contributed by atoms with Crippen LogP contribution in [-0.2, 0) is 17.8 Å². The van der Waals surface area contributed by atoms with Crippen molar-refractivity contribution in [2.45, 2.75) is 56.8 Å². The topological polar surface area (TPSA) is 99.7 Å². The Bertz CT molecular complexity index is 1380. The van der Waals surface area contributed by atoms with Crippen LogP contribution in [0, 0.1) is 5.92 Å². The summed E-state index contributed by atoms with van der Waals surface area (Å²) in [5.41, 5.74) is 2.89. The van der Waals surface area contributed by atoms with Gasteiger partial charge in [0, 0.05) is 83.8 Å². The third kappa shape index (κ3) is 6.81. The molecular formula is C31H40Br2N6O4S. The van der Waals surface area contributed by atoms with E-state index in [-0.39, 0.29) is 24.5 Å². The Balaban J connectivity index is 1.24. The van der Waals surface area contributed by atoms with Gasteiger partial charge in [-0.2, -0.15) is 0 Å². The Kier molecular flexibility index (Phi) is 9.87. The number of fused-ring (bicyclic) bond motifs is 1. The van der Waals surface area contributed by atoms with Gasteiger partial charge in [-0.15, -0.1) is 11.3 Å². The number of hydrogen-bond donors (Lipinski definition) is 2. The summed E-state index contributed by atoms with van der Waals surface area (Å²) in [6.07, 6.45) is 2.23. The number of piperidine rings is 2. The summed E-state index contributed by atoms with van der Waals surface area (Å²) in [7, 11) is 2.16. The number of halogens is 2. The van der Waals surface area contributed by atoms with E-state index in [2.05, 4.69) is 59.4 Å². The largest absolute Gasteiger partial charge is 0.465 e. The van der Waals surface area contributed by atoms with Gasteiger partial charge in [0.15, 0.2) is 0 Å². The number of carbonyl (C=O) groups excluding carboxylic acids is 2. The summed E-state index contributed by atoms with van der Waals surface area (Å²) in [5.74, 6) is -0.548. The third-order valence-corrected chi connectivity index (χ3v) is 12.6. The van der Waals surface area contributed by atoms with E-state index in [1.54, 1.807) is 11.3 Å². The lowest BCUT2D eigenvalue weighted by molar-refractivity contribution is -0.140. The quantitative estimate of drug-likeness (QED) is 0.420. The van der Waals surface area contributed by atoms with Crippen molar-refractivity contribution in [3.8, 4) is 0 Å². The molecule has 1 aromatic heterocycles. The number of benzene rings is 1. The van der Waals surface area contributed by atoms with E-state index in [0.29, 0.717) is 44.9 Å². The molecule has 0 saturated carbocycles. The average molecular weight is 753 g/mol. The van der Waals surface area contributed by atoms with Gasteiger partial charge in [-0.25, -0.2) is 9.59 Å². The lowest BCUT2D eigenvalue weighted by Crippen LogP contribution is -2.59. The van der Waals surface area contributed by atoms with Gasteiger partial charge in [0.2, 0.25) is 5.91 Å². The lowest BCUT2D eigenvalue weighted by atomic mass is 9.82. The number of hydrogen-bond acceptors (Lipinski definition) is 6. The predicted octanol–water partition coefficient (Wildman–Crippen LogP) is 5.23. The molecule has 0 aliphatic carbocycles. The number of anilines is 1. The lowest BCUT2D eigenvalue weighted by Gasteiger charge is -2.47. The molecule has 10 nitrogen and oxygen atoms in total. The van der Waals surface area contributed by atoms with Gasteiger partial charge in [-0.05, 0) is 94.1 Å². The van der Waals surface area contributed by atoms with Crippen LogP contribution in [0.15, 0.2) is 37.9 Å². The Morgan fingerprint density at radius 3 is 2.43 bits per heavy atom. The normalized spacial score (nSPS) is 24.6. The highest BCUT2D eigenvalue weighted by molar-refractivity contribution is 9.13. The average Bonchev–Trinajstić information content (AvgIpc) is 3.48. The van der Waals surface area contributed by atoms with Crippen LogP contribution in [0.25, 0.3) is 0 Å². The first-order valence-corrected chi connectivity index (χ1v) is 18.0. The molecule has 3 fully saturated rings. The second-order valence-corrected chi connectivity index (χ2v) is 15.0. The molecule has 238 valence electrons. The van der Waals surface area contributed by atoms with Crippen molar-refractivity contribution in [3.63, 3.8) is 0 Å². The van der Waals surface area contributed by atoms with Gasteiger partial charge in [-0.1, -0.05) is 6.07 Å². The van der Waals surface area contributed by atoms with E-state index in [9.17, 15) is 19.5 Å². The Labute approximate surface area is 279 Å². The molecule has 0 spiro atoms. The molecule has 5 heterocycles. The van der Waals surface area contributed by atoms with Crippen LogP contribution in [0.3, 0.4) is 0 Å². The molecule has 2 aromatic rings. The standard InChI is InChI=1S/C31H40Br2N6O4S/c1-35-10-12-36(13-11-35)22-4-7-37(8-5-22)29(40)24(14-20-2-3-25(32)26(33)15-20)28-16-23(6-9-38(28)31(42)43)39-17-21-18-44-19-27(21)34-30(39)41/h2-3,15,18-19,22-24,28H,4-14,16-17H2,1H3,(H,34,41)(H,42,43)/t23?,24?,28-/m1/s1. The van der Waals surface area contributed by atoms with Crippen molar-refractivity contribution in [1.29, 1.82) is 0 Å². The van der Waals surface area contributed by atoms with Gasteiger partial charge < -0.3 is 30.0 Å². The molecule has 1 aromatic carbocycles. The van der Waals surface area contributed by atoms with Gasteiger partial charge in [0.25, 0.3) is 0 Å². The molecule has 2 unspecified atom stereocenters. The molecule has 4 amide bonds. The number of nitrogens with zero attached hydrogens (tertiary/aromatic N) is 5. The smallest absolute Gasteiger partial charge is 0.407 e. The van der Waals surface area contributed by atoms with Crippen molar-refractivity contribution in [2.75, 3.05) is 58.2 Å². The van der Waals surface area contributed by atoms with Crippen LogP contribution >= 0.6 is 43.2 Å². The highest BCUT2D eigenvalue weighted by atomic mass is 79.9. The van der Waals surface area contributed by atoms with Crippen molar-refractivity contribution in [3.05, 3.63) is 49.0 Å². The predicted molar refractivity (Wildman–Crippen MR) is 178 cm³/mol. The Morgan fingerprint density at radius 1 is 1.00 bits per heavy atom. The van der Waals surface area contributed by atoms with Gasteiger partial charge in [0.05, 0.1) is 18.2 Å². The zero-order chi connectivity index (χ0) is 31.0. The number of likely N-dealkylation sites (tertiary alicyclic amines) is 2. The maximum atomic E-state index is 14.5. The zero-order valence-corrected chi connectivity index (χ0v) is 28.9. The summed E-state index contributed by atoms with van der Waals surface area (Å²) in [4.78, 5) is 50.5. The van der Waals surface area contributed by atoms with E-state index < -0.39 is 18.1 Å². The zero-order valence-electron chi connectivity index (χ0n) is 25.0. The fourth-order valence-corrected chi connectivity index (χ4v) is 8.81. The fraction of sp³-hybridized carbons (Fsp3) is 0.581. The molecule has 4 aliphatic rings. The first-order valence-electron chi connectivity index (χ1n) is 15.5. The fourth-order valence-electron chi connectivity index (χ4n) is 7.35. The first-order chi connectivity index (χ1) is 21.2. The number of carbonyl (C=O) groups is 3.